The van der Waals surface area contributed by atoms with Crippen molar-refractivity contribution < 1.29 is 8.42 Å². The van der Waals surface area contributed by atoms with Gasteiger partial charge in [-0.3, -0.25) is 0 Å². The van der Waals surface area contributed by atoms with Gasteiger partial charge in [-0.2, -0.15) is 0 Å². The summed E-state index contributed by atoms with van der Waals surface area (Å²) in [6.07, 6.45) is 0.831. The predicted octanol–water partition coefficient (Wildman–Crippen LogP) is 1.98. The molecule has 0 N–H and O–H groups in total. The van der Waals surface area contributed by atoms with Crippen LogP contribution in [0.2, 0.25) is 0 Å². The Kier molecular flexibility index (Phi) is 4.90. The maximum absolute atomic E-state index is 10.5. The van der Waals surface area contributed by atoms with E-state index in [9.17, 15) is 8.42 Å². The fraction of sp³-hybridized carbons (Fsp3) is 1.00. The van der Waals surface area contributed by atoms with Crippen molar-refractivity contribution in [2.45, 2.75) is 13.3 Å². The minimum Gasteiger partial charge on any atom is -0.212 e. The van der Waals surface area contributed by atoms with Gasteiger partial charge in [-0.05, 0) is 5.92 Å². The van der Waals surface area contributed by atoms with Gasteiger partial charge >= 0.3 is 0 Å². The van der Waals surface area contributed by atoms with Crippen LogP contribution in [0.5, 0.6) is 0 Å². The van der Waals surface area contributed by atoms with E-state index in [-0.39, 0.29) is 11.7 Å². The zero-order valence-corrected chi connectivity index (χ0v) is 8.84. The molecule has 1 atom stereocenters. The Hall–Kier alpha value is 0.720. The number of rotatable bonds is 4. The van der Waals surface area contributed by atoms with Gasteiger partial charge in [-0.1, -0.05) is 29.3 Å². The lowest BCUT2D eigenvalue weighted by atomic mass is 10.2. The number of halogens is 2. The molecule has 0 spiro atoms. The molecular weight excluding hydrogens is 239 g/mol. The average molecular weight is 250 g/mol. The van der Waals surface area contributed by atoms with Crippen molar-refractivity contribution in [3.8, 4) is 0 Å². The van der Waals surface area contributed by atoms with E-state index in [1.165, 1.54) is 0 Å². The van der Waals surface area contributed by atoms with Crippen LogP contribution in [-0.4, -0.2) is 19.5 Å². The summed E-state index contributed by atoms with van der Waals surface area (Å²) in [6.45, 7) is 1.94. The Bertz CT molecular complexity index is 174. The van der Waals surface area contributed by atoms with Crippen molar-refractivity contribution in [3.63, 3.8) is 0 Å². The molecule has 0 fully saturated rings. The normalized spacial score (nSPS) is 15.1. The van der Waals surface area contributed by atoms with E-state index >= 15 is 0 Å². The number of hydrogen-bond donors (Lipinski definition) is 0. The van der Waals surface area contributed by atoms with Crippen LogP contribution in [0.25, 0.3) is 0 Å². The second-order valence-electron chi connectivity index (χ2n) is 2.13. The molecule has 0 aliphatic carbocycles. The number of hydrogen-bond acceptors (Lipinski definition) is 2. The molecule has 0 rings (SSSR count). The van der Waals surface area contributed by atoms with Crippen LogP contribution in [0.15, 0.2) is 0 Å². The maximum atomic E-state index is 10.5. The van der Waals surface area contributed by atoms with Gasteiger partial charge in [0.05, 0.1) is 5.75 Å². The van der Waals surface area contributed by atoms with E-state index in [4.69, 9.17) is 10.7 Å². The molecule has 0 aromatic rings. The molecule has 0 saturated carbocycles. The van der Waals surface area contributed by atoms with Gasteiger partial charge in [0.15, 0.2) is 0 Å². The third-order valence-corrected chi connectivity index (χ3v) is 3.39. The third kappa shape index (κ3) is 5.50. The first-order valence-corrected chi connectivity index (χ1v) is 6.58. The van der Waals surface area contributed by atoms with Crippen LogP contribution < -0.4 is 0 Å². The molecule has 0 aromatic heterocycles. The first kappa shape index (κ1) is 10.7. The highest BCUT2D eigenvalue weighted by molar-refractivity contribution is 9.09. The first-order chi connectivity index (χ1) is 4.49. The molecule has 0 heterocycles. The van der Waals surface area contributed by atoms with Gasteiger partial charge in [0, 0.05) is 16.0 Å². The van der Waals surface area contributed by atoms with E-state index in [2.05, 4.69) is 15.9 Å². The fourth-order valence-corrected chi connectivity index (χ4v) is 2.99. The van der Waals surface area contributed by atoms with Gasteiger partial charge in [0.25, 0.3) is 0 Å². The van der Waals surface area contributed by atoms with Gasteiger partial charge in [0.2, 0.25) is 9.05 Å². The van der Waals surface area contributed by atoms with Crippen molar-refractivity contribution in [3.05, 3.63) is 0 Å². The quantitative estimate of drug-likeness (QED) is 0.564. The predicted molar refractivity (Wildman–Crippen MR) is 47.2 cm³/mol. The second kappa shape index (κ2) is 4.57. The summed E-state index contributed by atoms with van der Waals surface area (Å²) in [5.41, 5.74) is 0. The second-order valence-corrected chi connectivity index (χ2v) is 5.60. The summed E-state index contributed by atoms with van der Waals surface area (Å²) < 4.78 is 21.0. The van der Waals surface area contributed by atoms with Crippen LogP contribution in [0.4, 0.5) is 0 Å². The summed E-state index contributed by atoms with van der Waals surface area (Å²) >= 11 is 3.21. The van der Waals surface area contributed by atoms with Crippen LogP contribution in [0, 0.1) is 5.92 Å². The third-order valence-electron chi connectivity index (χ3n) is 1.23. The smallest absolute Gasteiger partial charge is 0.212 e. The summed E-state index contributed by atoms with van der Waals surface area (Å²) in [6, 6.07) is 0. The highest BCUT2D eigenvalue weighted by atomic mass is 79.9. The van der Waals surface area contributed by atoms with E-state index in [0.29, 0.717) is 5.33 Å². The fourth-order valence-electron chi connectivity index (χ4n) is 0.553. The van der Waals surface area contributed by atoms with E-state index in [0.717, 1.165) is 6.42 Å². The van der Waals surface area contributed by atoms with Crippen molar-refractivity contribution in [1.29, 1.82) is 0 Å². The highest BCUT2D eigenvalue weighted by Gasteiger charge is 2.13. The standard InChI is InChI=1S/C5H10BrClO2S/c1-2-5(3-6)4-10(7,8)9/h5H,2-4H2,1H3. The topological polar surface area (TPSA) is 34.1 Å². The zero-order valence-electron chi connectivity index (χ0n) is 5.68. The van der Waals surface area contributed by atoms with Gasteiger partial charge in [-0.15, -0.1) is 0 Å². The van der Waals surface area contributed by atoms with E-state index in [1.807, 2.05) is 6.92 Å². The van der Waals surface area contributed by atoms with E-state index in [1.54, 1.807) is 0 Å². The maximum Gasteiger partial charge on any atom is 0.232 e. The Morgan fingerprint density at radius 1 is 1.60 bits per heavy atom. The minimum atomic E-state index is -3.31. The molecule has 2 nitrogen and oxygen atoms in total. The summed E-state index contributed by atoms with van der Waals surface area (Å²) in [4.78, 5) is 0. The summed E-state index contributed by atoms with van der Waals surface area (Å²) in [5.74, 6) is 0.207. The molecule has 1 unspecified atom stereocenters. The molecule has 5 heteroatoms. The SMILES string of the molecule is CCC(CBr)CS(=O)(=O)Cl. The molecule has 10 heavy (non-hydrogen) atoms. The lowest BCUT2D eigenvalue weighted by Crippen LogP contribution is -2.11. The Morgan fingerprint density at radius 3 is 2.20 bits per heavy atom. The Morgan fingerprint density at radius 2 is 2.10 bits per heavy atom. The van der Waals surface area contributed by atoms with Crippen LogP contribution in [0.1, 0.15) is 13.3 Å². The molecule has 0 saturated heterocycles. The Balaban J connectivity index is 3.87. The molecule has 0 aromatic carbocycles. The first-order valence-electron chi connectivity index (χ1n) is 2.98. The molecule has 0 bridgehead atoms. The minimum absolute atomic E-state index is 0.0658. The lowest BCUT2D eigenvalue weighted by molar-refractivity contribution is 0.581. The molecule has 0 radical (unpaired) electrons. The Labute approximate surface area is 74.5 Å². The summed E-state index contributed by atoms with van der Waals surface area (Å²) in [5, 5.41) is 0.690. The van der Waals surface area contributed by atoms with Crippen LogP contribution >= 0.6 is 26.6 Å². The van der Waals surface area contributed by atoms with Crippen molar-refractivity contribution in [2.75, 3.05) is 11.1 Å². The zero-order chi connectivity index (χ0) is 8.20. The average Bonchev–Trinajstić information content (AvgIpc) is 1.81. The van der Waals surface area contributed by atoms with Crippen LogP contribution in [-0.2, 0) is 9.05 Å². The van der Waals surface area contributed by atoms with Gasteiger partial charge in [0.1, 0.15) is 0 Å². The highest BCUT2D eigenvalue weighted by Crippen LogP contribution is 2.11. The summed E-state index contributed by atoms with van der Waals surface area (Å²) in [7, 11) is 1.73. The molecule has 0 aliphatic heterocycles. The molecule has 0 aliphatic rings. The molecule has 0 amide bonds. The van der Waals surface area contributed by atoms with Crippen LogP contribution in [0.3, 0.4) is 0 Å². The van der Waals surface area contributed by atoms with Gasteiger partial charge < -0.3 is 0 Å². The van der Waals surface area contributed by atoms with Crippen molar-refractivity contribution in [2.24, 2.45) is 5.92 Å². The molecular formula is C5H10BrClO2S. The molecule has 62 valence electrons. The van der Waals surface area contributed by atoms with E-state index < -0.39 is 9.05 Å². The van der Waals surface area contributed by atoms with Crippen molar-refractivity contribution in [1.82, 2.24) is 0 Å². The van der Waals surface area contributed by atoms with Crippen molar-refractivity contribution >= 4 is 35.7 Å². The lowest BCUT2D eigenvalue weighted by Gasteiger charge is -2.06. The largest absolute Gasteiger partial charge is 0.232 e. The van der Waals surface area contributed by atoms with Gasteiger partial charge in [-0.25, -0.2) is 8.42 Å². The number of alkyl halides is 1. The monoisotopic (exact) mass is 248 g/mol.